The molecule has 13 heteroatoms. The van der Waals surface area contributed by atoms with Gasteiger partial charge < -0.3 is 25.0 Å². The second kappa shape index (κ2) is 9.12. The Hall–Kier alpha value is -3.61. The van der Waals surface area contributed by atoms with Gasteiger partial charge in [0.15, 0.2) is 0 Å². The van der Waals surface area contributed by atoms with E-state index in [9.17, 15) is 9.59 Å². The first kappa shape index (κ1) is 22.8. The van der Waals surface area contributed by atoms with E-state index >= 15 is 0 Å². The number of aromatic nitrogens is 4. The van der Waals surface area contributed by atoms with Crippen molar-refractivity contribution in [1.29, 1.82) is 0 Å². The van der Waals surface area contributed by atoms with E-state index in [0.717, 1.165) is 15.8 Å². The average molecular weight is 526 g/mol. The summed E-state index contributed by atoms with van der Waals surface area (Å²) >= 11 is 7.45. The van der Waals surface area contributed by atoms with Crippen LogP contribution in [-0.2, 0) is 16.1 Å². The van der Waals surface area contributed by atoms with Crippen LogP contribution in [-0.4, -0.2) is 69.0 Å². The minimum atomic E-state index is -0.122. The van der Waals surface area contributed by atoms with E-state index in [1.807, 2.05) is 19.1 Å². The van der Waals surface area contributed by atoms with Crippen molar-refractivity contribution in [2.24, 2.45) is 0 Å². The molecule has 3 aromatic heterocycles. The third-order valence-corrected chi connectivity index (χ3v) is 7.29. The first-order valence-corrected chi connectivity index (χ1v) is 12.5. The van der Waals surface area contributed by atoms with E-state index in [1.54, 1.807) is 4.90 Å². The Labute approximate surface area is 213 Å². The molecule has 1 aromatic carbocycles. The molecule has 0 aliphatic carbocycles. The van der Waals surface area contributed by atoms with Gasteiger partial charge in [0.05, 0.1) is 41.6 Å². The van der Waals surface area contributed by atoms with Crippen molar-refractivity contribution >= 4 is 61.6 Å². The zero-order valence-corrected chi connectivity index (χ0v) is 20.6. The maximum absolute atomic E-state index is 12.7. The fourth-order valence-corrected chi connectivity index (χ4v) is 5.42. The Morgan fingerprint density at radius 2 is 2.14 bits per heavy atom. The number of halogens is 1. The molecule has 2 amide bonds. The highest BCUT2D eigenvalue weighted by Gasteiger charge is 2.26. The van der Waals surface area contributed by atoms with Crippen LogP contribution >= 0.6 is 22.9 Å². The molecule has 2 aliphatic heterocycles. The van der Waals surface area contributed by atoms with Crippen molar-refractivity contribution in [2.45, 2.75) is 19.5 Å². The van der Waals surface area contributed by atoms with Gasteiger partial charge >= 0.3 is 0 Å². The van der Waals surface area contributed by atoms with Crippen LogP contribution in [0.15, 0.2) is 24.5 Å². The molecule has 0 unspecified atom stereocenters. The number of hydrogen-bond acceptors (Lipinski definition) is 10. The Kier molecular flexibility index (Phi) is 5.78. The summed E-state index contributed by atoms with van der Waals surface area (Å²) in [5.74, 6) is 0.187. The molecule has 4 aromatic rings. The highest BCUT2D eigenvalue weighted by Crippen LogP contribution is 2.40. The number of amides is 2. The van der Waals surface area contributed by atoms with Gasteiger partial charge in [-0.25, -0.2) is 15.0 Å². The summed E-state index contributed by atoms with van der Waals surface area (Å²) in [4.78, 5) is 44.6. The second-order valence-corrected chi connectivity index (χ2v) is 9.91. The van der Waals surface area contributed by atoms with Gasteiger partial charge in [-0.1, -0.05) is 0 Å². The lowest BCUT2D eigenvalue weighted by molar-refractivity contribution is -0.143. The number of nitrogens with zero attached hydrogens (tertiary/aromatic N) is 5. The lowest BCUT2D eigenvalue weighted by Gasteiger charge is -2.27. The summed E-state index contributed by atoms with van der Waals surface area (Å²) in [6.07, 6.45) is 3.04. The van der Waals surface area contributed by atoms with Gasteiger partial charge in [0.25, 0.3) is 5.91 Å². The molecule has 184 valence electrons. The van der Waals surface area contributed by atoms with E-state index in [1.165, 1.54) is 23.7 Å². The highest BCUT2D eigenvalue weighted by molar-refractivity contribution is 7.21. The lowest BCUT2D eigenvalue weighted by atomic mass is 10.1. The third-order valence-electron chi connectivity index (χ3n) is 5.95. The number of ether oxygens (including phenoxy) is 2. The van der Waals surface area contributed by atoms with Gasteiger partial charge in [-0.15, -0.1) is 11.3 Å². The van der Waals surface area contributed by atoms with Gasteiger partial charge in [-0.2, -0.15) is 4.98 Å². The SMILES string of the molecule is C[C@@H]1CNc2c(sc3ccc4nc(Oc5nc(Cl)ncc5CN5CCOCC5=O)cnc4c23)C(=O)N1. The molecule has 0 radical (unpaired) electrons. The number of carbonyl (C=O) groups excluding carboxylic acids is 2. The monoisotopic (exact) mass is 525 g/mol. The number of fused-ring (bicyclic) bond motifs is 5. The molecule has 5 heterocycles. The fraction of sp³-hybridized carbons (Fsp3) is 0.304. The van der Waals surface area contributed by atoms with E-state index in [4.69, 9.17) is 21.1 Å². The number of carbonyl (C=O) groups is 2. The van der Waals surface area contributed by atoms with Crippen LogP contribution < -0.4 is 15.4 Å². The summed E-state index contributed by atoms with van der Waals surface area (Å²) in [6, 6.07) is 3.77. The van der Waals surface area contributed by atoms with Crippen molar-refractivity contribution in [1.82, 2.24) is 30.2 Å². The number of benzene rings is 1. The summed E-state index contributed by atoms with van der Waals surface area (Å²) in [5, 5.41) is 7.24. The molecule has 2 aliphatic rings. The van der Waals surface area contributed by atoms with Gasteiger partial charge in [-0.3, -0.25) is 9.59 Å². The molecule has 36 heavy (non-hydrogen) atoms. The lowest BCUT2D eigenvalue weighted by Crippen LogP contribution is -2.41. The summed E-state index contributed by atoms with van der Waals surface area (Å²) in [7, 11) is 0. The normalized spacial score (nSPS) is 18.1. The highest BCUT2D eigenvalue weighted by atomic mass is 35.5. The molecular weight excluding hydrogens is 506 g/mol. The first-order chi connectivity index (χ1) is 17.5. The smallest absolute Gasteiger partial charge is 0.263 e. The summed E-state index contributed by atoms with van der Waals surface area (Å²) in [6.45, 7) is 3.78. The van der Waals surface area contributed by atoms with Crippen LogP contribution in [0.4, 0.5) is 5.69 Å². The average Bonchev–Trinajstić information content (AvgIpc) is 3.18. The number of hydrogen-bond donors (Lipinski definition) is 2. The van der Waals surface area contributed by atoms with E-state index in [0.29, 0.717) is 41.2 Å². The molecular formula is C23H20ClN7O4S. The molecule has 11 nitrogen and oxygen atoms in total. The van der Waals surface area contributed by atoms with Gasteiger partial charge in [-0.05, 0) is 30.7 Å². The van der Waals surface area contributed by atoms with E-state index < -0.39 is 0 Å². The predicted octanol–water partition coefficient (Wildman–Crippen LogP) is 2.98. The van der Waals surface area contributed by atoms with Crippen LogP contribution in [0, 0.1) is 0 Å². The van der Waals surface area contributed by atoms with Gasteiger partial charge in [0, 0.05) is 35.4 Å². The maximum atomic E-state index is 12.7. The van der Waals surface area contributed by atoms with Crippen molar-refractivity contribution in [2.75, 3.05) is 31.6 Å². The molecule has 2 N–H and O–H groups in total. The molecule has 6 rings (SSSR count). The van der Waals surface area contributed by atoms with Crippen molar-refractivity contribution in [3.8, 4) is 11.8 Å². The molecule has 1 fully saturated rings. The zero-order chi connectivity index (χ0) is 24.8. The van der Waals surface area contributed by atoms with Crippen LogP contribution in [0.25, 0.3) is 21.1 Å². The van der Waals surface area contributed by atoms with E-state index in [2.05, 4.69) is 30.6 Å². The topological polar surface area (TPSA) is 131 Å². The van der Waals surface area contributed by atoms with E-state index in [-0.39, 0.29) is 48.1 Å². The molecule has 1 saturated heterocycles. The molecule has 0 bridgehead atoms. The van der Waals surface area contributed by atoms with Gasteiger partial charge in [0.1, 0.15) is 11.5 Å². The number of thiophene rings is 1. The third kappa shape index (κ3) is 4.16. The predicted molar refractivity (Wildman–Crippen MR) is 134 cm³/mol. The summed E-state index contributed by atoms with van der Waals surface area (Å²) < 4.78 is 12.1. The first-order valence-electron chi connectivity index (χ1n) is 11.3. The maximum Gasteiger partial charge on any atom is 0.263 e. The Bertz CT molecular complexity index is 1530. The summed E-state index contributed by atoms with van der Waals surface area (Å²) in [5.41, 5.74) is 2.61. The standard InChI is InChI=1S/C23H20ClN7O4S/c1-11-6-25-19-17-14(36-20(19)21(33)28-11)3-2-13-18(17)26-8-15(29-13)35-22-12(7-27-23(24)30-22)9-31-4-5-34-10-16(31)32/h2-3,7-8,11,25H,4-6,9-10H2,1H3,(H,28,33)/t11-/m1/s1. The molecule has 0 spiro atoms. The number of anilines is 1. The second-order valence-electron chi connectivity index (χ2n) is 8.52. The van der Waals surface area contributed by atoms with Crippen LogP contribution in [0.2, 0.25) is 5.28 Å². The number of nitrogens with one attached hydrogen (secondary N) is 2. The number of morpholine rings is 1. The number of rotatable bonds is 4. The Morgan fingerprint density at radius 3 is 3.00 bits per heavy atom. The quantitative estimate of drug-likeness (QED) is 0.386. The van der Waals surface area contributed by atoms with Crippen LogP contribution in [0.1, 0.15) is 22.2 Å². The fourth-order valence-electron chi connectivity index (χ4n) is 4.21. The zero-order valence-electron chi connectivity index (χ0n) is 19.1. The largest absolute Gasteiger partial charge is 0.418 e. The Balaban J connectivity index is 1.35. The van der Waals surface area contributed by atoms with Crippen LogP contribution in [0.5, 0.6) is 11.8 Å². The van der Waals surface area contributed by atoms with Crippen molar-refractivity contribution in [3.05, 3.63) is 40.3 Å². The minimum absolute atomic E-state index is 0.00912. The van der Waals surface area contributed by atoms with Crippen LogP contribution in [0.3, 0.4) is 0 Å². The van der Waals surface area contributed by atoms with Crippen molar-refractivity contribution in [3.63, 3.8) is 0 Å². The molecule has 1 atom stereocenters. The Morgan fingerprint density at radius 1 is 1.25 bits per heavy atom. The molecule has 0 saturated carbocycles. The van der Waals surface area contributed by atoms with Crippen molar-refractivity contribution < 1.29 is 19.1 Å². The minimum Gasteiger partial charge on any atom is -0.418 e. The van der Waals surface area contributed by atoms with Gasteiger partial charge in [0.2, 0.25) is 23.0 Å².